The lowest BCUT2D eigenvalue weighted by Crippen LogP contribution is -2.44. The Bertz CT molecular complexity index is 1420. The number of nitrogens with zero attached hydrogens (tertiary/aromatic N) is 2. The highest BCUT2D eigenvalue weighted by atomic mass is 35.5. The van der Waals surface area contributed by atoms with Crippen LogP contribution >= 0.6 is 22.9 Å². The van der Waals surface area contributed by atoms with Gasteiger partial charge in [-0.15, -0.1) is 11.3 Å². The van der Waals surface area contributed by atoms with E-state index in [4.69, 9.17) is 16.3 Å². The fourth-order valence-electron chi connectivity index (χ4n) is 6.12. The fraction of sp³-hybridized carbons (Fsp3) is 0.485. The monoisotopic (exact) mass is 623 g/mol. The number of carbonyl (C=O) groups is 2. The average Bonchev–Trinajstić information content (AvgIpc) is 3.70. The molecule has 3 heterocycles. The number of methoxy groups -OCH3 is 1. The normalized spacial score (nSPS) is 16.4. The number of rotatable bonds is 12. The molecule has 8 nitrogen and oxygen atoms in total. The van der Waals surface area contributed by atoms with Crippen LogP contribution in [0.2, 0.25) is 5.02 Å². The molecule has 1 aliphatic carbocycles. The molecule has 10 heteroatoms. The predicted octanol–water partition coefficient (Wildman–Crippen LogP) is 6.99. The summed E-state index contributed by atoms with van der Waals surface area (Å²) in [5.41, 5.74) is 4.92. The number of aromatic nitrogens is 1. The van der Waals surface area contributed by atoms with Crippen molar-refractivity contribution < 1.29 is 14.3 Å². The maximum absolute atomic E-state index is 13.6. The zero-order chi connectivity index (χ0) is 30.3. The van der Waals surface area contributed by atoms with E-state index in [0.717, 1.165) is 60.7 Å². The zero-order valence-electron chi connectivity index (χ0n) is 25.2. The van der Waals surface area contributed by atoms with Crippen molar-refractivity contribution in [1.29, 1.82) is 0 Å². The number of nitrogens with one attached hydrogen (secondary N) is 3. The number of thiophene rings is 1. The third kappa shape index (κ3) is 8.08. The van der Waals surface area contributed by atoms with Crippen molar-refractivity contribution in [1.82, 2.24) is 10.3 Å². The van der Waals surface area contributed by atoms with Crippen molar-refractivity contribution in [3.05, 3.63) is 68.6 Å². The number of ether oxygens (including phenoxy) is 1. The van der Waals surface area contributed by atoms with Gasteiger partial charge < -0.3 is 25.6 Å². The number of hydrogen-bond donors (Lipinski definition) is 3. The van der Waals surface area contributed by atoms with Crippen LogP contribution in [0.3, 0.4) is 0 Å². The van der Waals surface area contributed by atoms with Crippen molar-refractivity contribution in [3.8, 4) is 0 Å². The van der Waals surface area contributed by atoms with E-state index in [1.807, 2.05) is 38.1 Å². The molecule has 2 aromatic heterocycles. The number of aryl methyl sites for hydroxylation is 2. The Hall–Kier alpha value is -3.14. The van der Waals surface area contributed by atoms with E-state index in [1.54, 1.807) is 13.3 Å². The molecule has 43 heavy (non-hydrogen) atoms. The molecule has 2 atom stereocenters. The molecule has 1 saturated carbocycles. The van der Waals surface area contributed by atoms with Gasteiger partial charge in [0.15, 0.2) is 0 Å². The van der Waals surface area contributed by atoms with E-state index in [2.05, 4.69) is 38.0 Å². The van der Waals surface area contributed by atoms with Crippen LogP contribution in [0.15, 0.2) is 42.6 Å². The van der Waals surface area contributed by atoms with Gasteiger partial charge >= 0.3 is 0 Å². The molecule has 0 saturated heterocycles. The summed E-state index contributed by atoms with van der Waals surface area (Å²) >= 11 is 7.57. The lowest BCUT2D eigenvalue weighted by atomic mass is 9.97. The Kier molecular flexibility index (Phi) is 10.6. The van der Waals surface area contributed by atoms with Crippen molar-refractivity contribution in [2.45, 2.75) is 70.9 Å². The largest absolute Gasteiger partial charge is 0.383 e. The highest BCUT2D eigenvalue weighted by molar-refractivity contribution is 7.14. The number of hydrogen-bond acceptors (Lipinski definition) is 7. The highest BCUT2D eigenvalue weighted by Gasteiger charge is 2.28. The molecule has 3 aromatic rings. The van der Waals surface area contributed by atoms with E-state index >= 15 is 0 Å². The van der Waals surface area contributed by atoms with Gasteiger partial charge in [-0.05, 0) is 81.0 Å². The lowest BCUT2D eigenvalue weighted by Gasteiger charge is -2.31. The minimum absolute atomic E-state index is 0.0440. The summed E-state index contributed by atoms with van der Waals surface area (Å²) in [4.78, 5) is 35.3. The maximum Gasteiger partial charge on any atom is 0.262 e. The number of halogens is 1. The van der Waals surface area contributed by atoms with E-state index in [1.165, 1.54) is 35.4 Å². The van der Waals surface area contributed by atoms with Gasteiger partial charge in [0.25, 0.3) is 5.91 Å². The van der Waals surface area contributed by atoms with Crippen LogP contribution in [-0.2, 0) is 16.0 Å². The molecular weight excluding hydrogens is 582 g/mol. The third-order valence-electron chi connectivity index (χ3n) is 8.50. The molecule has 2 amide bonds. The molecule has 0 bridgehead atoms. The van der Waals surface area contributed by atoms with Crippen molar-refractivity contribution in [2.75, 3.05) is 42.3 Å². The molecule has 230 valence electrons. The summed E-state index contributed by atoms with van der Waals surface area (Å²) in [6.07, 6.45) is 8.87. The summed E-state index contributed by atoms with van der Waals surface area (Å²) in [5, 5.41) is 10.2. The van der Waals surface area contributed by atoms with Crippen LogP contribution < -0.4 is 20.9 Å². The molecule has 0 radical (unpaired) electrons. The quantitative estimate of drug-likeness (QED) is 0.201. The first kappa shape index (κ1) is 31.3. The van der Waals surface area contributed by atoms with Crippen LogP contribution in [0, 0.1) is 12.8 Å². The Morgan fingerprint density at radius 3 is 2.77 bits per heavy atom. The number of anilines is 3. The second kappa shape index (κ2) is 14.6. The SMILES string of the molecule is COCCN1CCCc2cc(NC(=O)[C@H](CC3CCCC3)NC(=O)c3ccc([C@H](C)Nc4cc(Cl)cnc4C)s3)ccc21. The Morgan fingerprint density at radius 2 is 1.98 bits per heavy atom. The summed E-state index contributed by atoms with van der Waals surface area (Å²) in [6, 6.07) is 11.1. The topological polar surface area (TPSA) is 95.6 Å². The number of fused-ring (bicyclic) bond motifs is 1. The maximum atomic E-state index is 13.6. The summed E-state index contributed by atoms with van der Waals surface area (Å²) < 4.78 is 5.28. The van der Waals surface area contributed by atoms with Gasteiger partial charge in [-0.1, -0.05) is 37.3 Å². The second-order valence-corrected chi connectivity index (χ2v) is 13.2. The molecule has 5 rings (SSSR count). The standard InChI is InChI=1S/C33H42ClN5O3S/c1-21-27(19-25(34)20-35-21)36-22(2)30-12-13-31(43-30)33(41)38-28(17-23-7-4-5-8-23)32(40)37-26-10-11-29-24(18-26)9-6-14-39(29)15-16-42-3/h10-13,18-20,22-23,28,36H,4-9,14-17H2,1-3H3,(H,37,40)(H,38,41)/t22-,28-/m0/s1. The third-order valence-corrected chi connectivity index (χ3v) is 9.97. The van der Waals surface area contributed by atoms with Crippen molar-refractivity contribution in [3.63, 3.8) is 0 Å². The Morgan fingerprint density at radius 1 is 1.16 bits per heavy atom. The average molecular weight is 624 g/mol. The van der Waals surface area contributed by atoms with Crippen LogP contribution in [0.4, 0.5) is 17.1 Å². The number of benzene rings is 1. The van der Waals surface area contributed by atoms with Crippen LogP contribution in [0.25, 0.3) is 0 Å². The smallest absolute Gasteiger partial charge is 0.262 e. The second-order valence-electron chi connectivity index (χ2n) is 11.7. The zero-order valence-corrected chi connectivity index (χ0v) is 26.8. The Balaban J connectivity index is 1.26. The van der Waals surface area contributed by atoms with Crippen LogP contribution in [-0.4, -0.2) is 49.6 Å². The summed E-state index contributed by atoms with van der Waals surface area (Å²) in [5.74, 6) is 0.0519. The lowest BCUT2D eigenvalue weighted by molar-refractivity contribution is -0.118. The molecule has 2 aliphatic rings. The van der Waals surface area contributed by atoms with Gasteiger partial charge in [0.05, 0.1) is 33.9 Å². The van der Waals surface area contributed by atoms with E-state index in [0.29, 0.717) is 28.8 Å². The van der Waals surface area contributed by atoms with Crippen molar-refractivity contribution in [2.24, 2.45) is 5.92 Å². The van der Waals surface area contributed by atoms with Gasteiger partial charge in [-0.25, -0.2) is 0 Å². The first-order valence-corrected chi connectivity index (χ1v) is 16.5. The van der Waals surface area contributed by atoms with E-state index in [9.17, 15) is 9.59 Å². The molecule has 1 aromatic carbocycles. The van der Waals surface area contributed by atoms with Crippen LogP contribution in [0.1, 0.15) is 77.3 Å². The first-order chi connectivity index (χ1) is 20.8. The summed E-state index contributed by atoms with van der Waals surface area (Å²) in [6.45, 7) is 6.51. The molecule has 0 spiro atoms. The number of carbonyl (C=O) groups excluding carboxylic acids is 2. The summed E-state index contributed by atoms with van der Waals surface area (Å²) in [7, 11) is 1.72. The molecule has 1 aliphatic heterocycles. The van der Waals surface area contributed by atoms with Gasteiger partial charge in [-0.3, -0.25) is 14.6 Å². The van der Waals surface area contributed by atoms with Crippen LogP contribution in [0.5, 0.6) is 0 Å². The molecule has 3 N–H and O–H groups in total. The van der Waals surface area contributed by atoms with Gasteiger partial charge in [0.2, 0.25) is 5.91 Å². The molecule has 0 unspecified atom stereocenters. The van der Waals surface area contributed by atoms with E-state index < -0.39 is 6.04 Å². The fourth-order valence-corrected chi connectivity index (χ4v) is 7.19. The van der Waals surface area contributed by atoms with Gasteiger partial charge in [0.1, 0.15) is 6.04 Å². The Labute approximate surface area is 263 Å². The first-order valence-electron chi connectivity index (χ1n) is 15.3. The van der Waals surface area contributed by atoms with Gasteiger partial charge in [0, 0.05) is 42.6 Å². The van der Waals surface area contributed by atoms with Crippen molar-refractivity contribution >= 4 is 51.8 Å². The number of amides is 2. The minimum atomic E-state index is -0.605. The molecular formula is C33H42ClN5O3S. The number of pyridine rings is 1. The van der Waals surface area contributed by atoms with E-state index in [-0.39, 0.29) is 17.9 Å². The predicted molar refractivity (Wildman–Crippen MR) is 176 cm³/mol. The highest BCUT2D eigenvalue weighted by Crippen LogP contribution is 2.32. The molecule has 1 fully saturated rings. The minimum Gasteiger partial charge on any atom is -0.383 e. The van der Waals surface area contributed by atoms with Gasteiger partial charge in [-0.2, -0.15) is 0 Å².